The summed E-state index contributed by atoms with van der Waals surface area (Å²) in [4.78, 5) is 22.3. The molecule has 0 aliphatic carbocycles. The lowest BCUT2D eigenvalue weighted by Crippen LogP contribution is -2.13. The summed E-state index contributed by atoms with van der Waals surface area (Å²) in [6, 6.07) is 11.6. The van der Waals surface area contributed by atoms with Gasteiger partial charge in [-0.05, 0) is 55.5 Å². The van der Waals surface area contributed by atoms with Crippen LogP contribution in [0, 0.1) is 20.8 Å². The zero-order valence-electron chi connectivity index (χ0n) is 15.8. The Morgan fingerprint density at radius 2 is 1.75 bits per heavy atom. The highest BCUT2D eigenvalue weighted by Crippen LogP contribution is 2.25. The highest BCUT2D eigenvalue weighted by Gasteiger charge is 2.12. The van der Waals surface area contributed by atoms with Gasteiger partial charge >= 0.3 is 0 Å². The fraction of sp³-hybridized carbons (Fsp3) is 0.143. The van der Waals surface area contributed by atoms with Gasteiger partial charge in [-0.25, -0.2) is 14.6 Å². The van der Waals surface area contributed by atoms with Crippen molar-refractivity contribution >= 4 is 22.9 Å². The molecule has 7 heteroatoms. The molecule has 0 saturated heterocycles. The zero-order chi connectivity index (χ0) is 19.7. The van der Waals surface area contributed by atoms with Gasteiger partial charge in [-0.1, -0.05) is 18.2 Å². The van der Waals surface area contributed by atoms with Gasteiger partial charge in [-0.2, -0.15) is 5.10 Å². The first-order valence-corrected chi connectivity index (χ1v) is 9.71. The normalized spacial score (nSPS) is 10.8. The molecule has 4 aromatic rings. The van der Waals surface area contributed by atoms with Gasteiger partial charge in [0.15, 0.2) is 0 Å². The topological polar surface area (TPSA) is 72.7 Å². The minimum atomic E-state index is -0.198. The second-order valence-electron chi connectivity index (χ2n) is 6.49. The summed E-state index contributed by atoms with van der Waals surface area (Å²) < 4.78 is 1.71. The molecule has 0 radical (unpaired) electrons. The number of nitrogens with zero attached hydrogens (tertiary/aromatic N) is 4. The summed E-state index contributed by atoms with van der Waals surface area (Å²) in [7, 11) is 0. The number of carbonyl (C=O) groups is 1. The first kappa shape index (κ1) is 18.1. The third-order valence-electron chi connectivity index (χ3n) is 4.69. The molecule has 0 spiro atoms. The Kier molecular flexibility index (Phi) is 4.75. The fourth-order valence-electron chi connectivity index (χ4n) is 2.84. The molecular formula is C21H19N5OS. The number of aryl methyl sites for hydroxylation is 1. The van der Waals surface area contributed by atoms with Crippen molar-refractivity contribution in [3.63, 3.8) is 0 Å². The van der Waals surface area contributed by atoms with Crippen molar-refractivity contribution in [2.24, 2.45) is 0 Å². The minimum Gasteiger partial charge on any atom is -0.319 e. The van der Waals surface area contributed by atoms with Crippen LogP contribution in [-0.4, -0.2) is 25.7 Å². The molecule has 0 saturated carbocycles. The van der Waals surface area contributed by atoms with E-state index in [1.807, 2.05) is 56.5 Å². The van der Waals surface area contributed by atoms with Gasteiger partial charge in [0, 0.05) is 16.1 Å². The van der Waals surface area contributed by atoms with Gasteiger partial charge < -0.3 is 5.32 Å². The average Bonchev–Trinajstić information content (AvgIpc) is 3.34. The van der Waals surface area contributed by atoms with E-state index in [2.05, 4.69) is 26.4 Å². The van der Waals surface area contributed by atoms with Crippen molar-refractivity contribution in [3.05, 3.63) is 76.7 Å². The Bertz CT molecular complexity index is 1110. The van der Waals surface area contributed by atoms with Crippen molar-refractivity contribution < 1.29 is 4.79 Å². The molecule has 28 heavy (non-hydrogen) atoms. The number of carbonyl (C=O) groups excluding carboxylic acids is 1. The van der Waals surface area contributed by atoms with E-state index in [1.54, 1.807) is 28.4 Å². The van der Waals surface area contributed by atoms with Crippen LogP contribution in [0.15, 0.2) is 54.2 Å². The highest BCUT2D eigenvalue weighted by molar-refractivity contribution is 7.13. The van der Waals surface area contributed by atoms with Crippen LogP contribution >= 0.6 is 11.3 Å². The van der Waals surface area contributed by atoms with Gasteiger partial charge in [0.2, 0.25) is 0 Å². The highest BCUT2D eigenvalue weighted by atomic mass is 32.1. The van der Waals surface area contributed by atoms with Gasteiger partial charge in [-0.3, -0.25) is 4.79 Å². The summed E-state index contributed by atoms with van der Waals surface area (Å²) in [5.74, 6) is 0.281. The molecular weight excluding hydrogens is 370 g/mol. The lowest BCUT2D eigenvalue weighted by atomic mass is 10.1. The van der Waals surface area contributed by atoms with E-state index in [-0.39, 0.29) is 5.91 Å². The largest absolute Gasteiger partial charge is 0.319 e. The van der Waals surface area contributed by atoms with Crippen LogP contribution in [0.2, 0.25) is 0 Å². The molecule has 140 valence electrons. The molecule has 0 atom stereocenters. The van der Waals surface area contributed by atoms with Crippen LogP contribution in [0.3, 0.4) is 0 Å². The van der Waals surface area contributed by atoms with Gasteiger partial charge in [0.05, 0.1) is 23.8 Å². The number of thiophene rings is 1. The maximum atomic E-state index is 12.5. The van der Waals surface area contributed by atoms with Crippen LogP contribution < -0.4 is 5.32 Å². The van der Waals surface area contributed by atoms with E-state index < -0.39 is 0 Å². The van der Waals surface area contributed by atoms with Crippen LogP contribution in [0.25, 0.3) is 16.4 Å². The van der Waals surface area contributed by atoms with Crippen molar-refractivity contribution in [2.45, 2.75) is 20.8 Å². The van der Waals surface area contributed by atoms with E-state index in [0.717, 1.165) is 22.5 Å². The summed E-state index contributed by atoms with van der Waals surface area (Å²) in [5.41, 5.74) is 5.28. The molecule has 1 aromatic carbocycles. The Morgan fingerprint density at radius 3 is 2.32 bits per heavy atom. The van der Waals surface area contributed by atoms with Crippen LogP contribution in [0.5, 0.6) is 0 Å². The number of hydrogen-bond acceptors (Lipinski definition) is 5. The Hall–Kier alpha value is -3.32. The lowest BCUT2D eigenvalue weighted by Gasteiger charge is -2.07. The minimum absolute atomic E-state index is 0.198. The van der Waals surface area contributed by atoms with E-state index in [4.69, 9.17) is 0 Å². The van der Waals surface area contributed by atoms with E-state index in [9.17, 15) is 4.79 Å². The Balaban J connectivity index is 1.48. The van der Waals surface area contributed by atoms with E-state index in [1.165, 1.54) is 4.88 Å². The van der Waals surface area contributed by atoms with Crippen molar-refractivity contribution in [1.29, 1.82) is 0 Å². The molecule has 0 aliphatic heterocycles. The Morgan fingerprint density at radius 1 is 1.04 bits per heavy atom. The number of rotatable bonds is 4. The van der Waals surface area contributed by atoms with Crippen LogP contribution in [0.1, 0.15) is 27.3 Å². The molecule has 3 heterocycles. The summed E-state index contributed by atoms with van der Waals surface area (Å²) in [6.07, 6.45) is 3.18. The average molecular weight is 389 g/mol. The predicted octanol–water partition coefficient (Wildman–Crippen LogP) is 4.57. The summed E-state index contributed by atoms with van der Waals surface area (Å²) in [6.45, 7) is 5.96. The molecule has 0 aliphatic rings. The number of nitrogens with one attached hydrogen (secondary N) is 1. The second-order valence-corrected chi connectivity index (χ2v) is 7.44. The summed E-state index contributed by atoms with van der Waals surface area (Å²) >= 11 is 1.67. The first-order chi connectivity index (χ1) is 13.5. The summed E-state index contributed by atoms with van der Waals surface area (Å²) in [5, 5.41) is 9.32. The maximum absolute atomic E-state index is 12.5. The molecule has 0 fully saturated rings. The monoisotopic (exact) mass is 389 g/mol. The van der Waals surface area contributed by atoms with Crippen molar-refractivity contribution in [3.8, 4) is 16.4 Å². The van der Waals surface area contributed by atoms with Crippen LogP contribution in [0.4, 0.5) is 5.69 Å². The van der Waals surface area contributed by atoms with Crippen molar-refractivity contribution in [1.82, 2.24) is 19.7 Å². The van der Waals surface area contributed by atoms with Gasteiger partial charge in [0.25, 0.3) is 11.9 Å². The van der Waals surface area contributed by atoms with E-state index >= 15 is 0 Å². The quantitative estimate of drug-likeness (QED) is 0.555. The SMILES string of the molecule is Cc1nn(-c2ncc(NC(=O)c3ccc(-c4cccs4)cc3)cn2)c(C)c1C. The standard InChI is InChI=1S/C21H19N5OS/c1-13-14(2)25-26(15(13)3)21-22-11-18(12-23-21)24-20(27)17-8-6-16(7-9-17)19-5-4-10-28-19/h4-12H,1-3H3,(H,24,27). The molecule has 4 rings (SSSR count). The van der Waals surface area contributed by atoms with Crippen molar-refractivity contribution in [2.75, 3.05) is 5.32 Å². The molecule has 3 aromatic heterocycles. The molecule has 0 unspecified atom stereocenters. The number of anilines is 1. The smallest absolute Gasteiger partial charge is 0.255 e. The lowest BCUT2D eigenvalue weighted by molar-refractivity contribution is 0.102. The van der Waals surface area contributed by atoms with Gasteiger partial charge in [-0.15, -0.1) is 11.3 Å². The molecule has 0 bridgehead atoms. The fourth-order valence-corrected chi connectivity index (χ4v) is 3.58. The number of aromatic nitrogens is 4. The molecule has 1 amide bonds. The number of benzene rings is 1. The van der Waals surface area contributed by atoms with E-state index in [0.29, 0.717) is 17.2 Å². The number of amides is 1. The first-order valence-electron chi connectivity index (χ1n) is 8.83. The van der Waals surface area contributed by atoms with Gasteiger partial charge in [0.1, 0.15) is 0 Å². The third-order valence-corrected chi connectivity index (χ3v) is 5.61. The maximum Gasteiger partial charge on any atom is 0.255 e. The molecule has 6 nitrogen and oxygen atoms in total. The second kappa shape index (κ2) is 7.36. The zero-order valence-corrected chi connectivity index (χ0v) is 16.6. The van der Waals surface area contributed by atoms with Crippen LogP contribution in [-0.2, 0) is 0 Å². The predicted molar refractivity (Wildman–Crippen MR) is 111 cm³/mol. The molecule has 1 N–H and O–H groups in total. The Labute approximate surface area is 166 Å². The number of hydrogen-bond donors (Lipinski definition) is 1. The third kappa shape index (κ3) is 3.44.